The molecular formula is C26H6F10N4. The van der Waals surface area contributed by atoms with Crippen LogP contribution in [-0.2, 0) is 12.4 Å². The minimum absolute atomic E-state index is 0.0144. The first-order chi connectivity index (χ1) is 18.6. The molecule has 0 amide bonds. The van der Waals surface area contributed by atoms with Crippen molar-refractivity contribution in [1.82, 2.24) is 0 Å². The smallest absolute Gasteiger partial charge is 0.207 e. The summed E-state index contributed by atoms with van der Waals surface area (Å²) in [4.78, 5) is 0. The Kier molecular flexibility index (Phi) is 7.62. The Labute approximate surface area is 216 Å². The Bertz CT molecular complexity index is 1690. The molecule has 0 N–H and O–H groups in total. The van der Waals surface area contributed by atoms with Crippen molar-refractivity contribution in [3.63, 3.8) is 0 Å². The summed E-state index contributed by atoms with van der Waals surface area (Å²) >= 11 is 0. The van der Waals surface area contributed by atoms with E-state index in [1.165, 1.54) is 0 Å². The number of hydrogen-bond acceptors (Lipinski definition) is 4. The maximum atomic E-state index is 16.2. The normalized spacial score (nSPS) is 11.2. The molecule has 14 heteroatoms. The Hall–Kier alpha value is -5.34. The average Bonchev–Trinajstić information content (AvgIpc) is 2.86. The Morgan fingerprint density at radius 1 is 0.500 bits per heavy atom. The molecule has 200 valence electrons. The number of rotatable bonds is 2. The summed E-state index contributed by atoms with van der Waals surface area (Å²) in [5, 5.41) is 34.6. The number of nitrogens with zero attached hydrogens (tertiary/aromatic N) is 4. The lowest BCUT2D eigenvalue weighted by atomic mass is 9.89. The molecule has 3 aromatic rings. The SMILES string of the molecule is N#CC(C#N)=c1c(F)c(-c2cc(F)cc(C(F)(F)F)c2)c(=C(C#N)C#N)c(F)c1-c1cc(F)cc(C(F)(F)F)c1. The third-order valence-corrected chi connectivity index (χ3v) is 5.35. The Balaban J connectivity index is 2.80. The maximum absolute atomic E-state index is 16.2. The van der Waals surface area contributed by atoms with E-state index in [9.17, 15) is 56.2 Å². The zero-order valence-electron chi connectivity index (χ0n) is 19.0. The van der Waals surface area contributed by atoms with Crippen LogP contribution in [0.25, 0.3) is 33.4 Å². The largest absolute Gasteiger partial charge is 0.416 e. The van der Waals surface area contributed by atoms with Crippen molar-refractivity contribution in [1.29, 1.82) is 21.0 Å². The quantitative estimate of drug-likeness (QED) is 0.357. The lowest BCUT2D eigenvalue weighted by Gasteiger charge is -2.16. The van der Waals surface area contributed by atoms with Crippen molar-refractivity contribution in [3.8, 4) is 46.5 Å². The van der Waals surface area contributed by atoms with Gasteiger partial charge in [0.15, 0.2) is 0 Å². The molecule has 0 aromatic heterocycles. The van der Waals surface area contributed by atoms with E-state index in [2.05, 4.69) is 0 Å². The molecule has 0 bridgehead atoms. The van der Waals surface area contributed by atoms with Gasteiger partial charge in [0.1, 0.15) is 58.7 Å². The standard InChI is InChI=1S/C26H6F10N4/c27-17-3-11(1-15(5-17)25(31,32)33)19-21(13(7-37)8-38)24(30)20(22(23(19)29)14(9-39)10-40)12-2-16(26(34,35)36)6-18(28)4-12/h1-6H. The molecule has 0 radical (unpaired) electrons. The third-order valence-electron chi connectivity index (χ3n) is 5.35. The fraction of sp³-hybridized carbons (Fsp3) is 0.0769. The minimum atomic E-state index is -5.24. The van der Waals surface area contributed by atoms with Crippen LogP contribution in [0.15, 0.2) is 36.4 Å². The van der Waals surface area contributed by atoms with Crippen molar-refractivity contribution < 1.29 is 43.9 Å². The third kappa shape index (κ3) is 5.29. The zero-order valence-corrected chi connectivity index (χ0v) is 19.0. The van der Waals surface area contributed by atoms with Crippen LogP contribution < -0.4 is 10.4 Å². The number of benzene rings is 3. The van der Waals surface area contributed by atoms with Gasteiger partial charge in [-0.25, -0.2) is 17.6 Å². The van der Waals surface area contributed by atoms with Crippen LogP contribution >= 0.6 is 0 Å². The van der Waals surface area contributed by atoms with Crippen molar-refractivity contribution in [2.45, 2.75) is 12.4 Å². The van der Waals surface area contributed by atoms with Gasteiger partial charge in [-0.3, -0.25) is 0 Å². The first-order valence-electron chi connectivity index (χ1n) is 10.2. The van der Waals surface area contributed by atoms with Crippen molar-refractivity contribution in [2.75, 3.05) is 0 Å². The molecule has 3 aromatic carbocycles. The lowest BCUT2D eigenvalue weighted by Crippen LogP contribution is -2.29. The van der Waals surface area contributed by atoms with Crippen molar-refractivity contribution in [3.05, 3.63) is 81.2 Å². The second-order valence-corrected chi connectivity index (χ2v) is 7.78. The van der Waals surface area contributed by atoms with E-state index in [-0.39, 0.29) is 36.4 Å². The lowest BCUT2D eigenvalue weighted by molar-refractivity contribution is -0.138. The number of nitriles is 4. The molecule has 0 saturated carbocycles. The molecular weight excluding hydrogens is 558 g/mol. The summed E-state index contributed by atoms with van der Waals surface area (Å²) in [6.45, 7) is 0. The molecule has 4 nitrogen and oxygen atoms in total. The highest BCUT2D eigenvalue weighted by Gasteiger charge is 2.34. The second kappa shape index (κ2) is 10.4. The molecule has 0 saturated heterocycles. The molecule has 0 aliphatic rings. The van der Waals surface area contributed by atoms with Gasteiger partial charge >= 0.3 is 12.4 Å². The van der Waals surface area contributed by atoms with Gasteiger partial charge in [-0.15, -0.1) is 0 Å². The first kappa shape index (κ1) is 29.2. The molecule has 3 rings (SSSR count). The topological polar surface area (TPSA) is 95.2 Å². The van der Waals surface area contributed by atoms with Crippen LogP contribution in [0.2, 0.25) is 0 Å². The summed E-state index contributed by atoms with van der Waals surface area (Å²) in [6, 6.07) is 5.32. The van der Waals surface area contributed by atoms with Gasteiger partial charge in [0.2, 0.25) is 0 Å². The van der Waals surface area contributed by atoms with Crippen molar-refractivity contribution >= 4 is 11.1 Å². The number of halogens is 10. The predicted molar refractivity (Wildman–Crippen MR) is 116 cm³/mol. The van der Waals surface area contributed by atoms with Crippen LogP contribution in [0, 0.1) is 68.6 Å². The van der Waals surface area contributed by atoms with Gasteiger partial charge in [-0.05, 0) is 47.5 Å². The predicted octanol–water partition coefficient (Wildman–Crippen LogP) is 6.01. The van der Waals surface area contributed by atoms with Gasteiger partial charge in [0, 0.05) is 11.1 Å². The minimum Gasteiger partial charge on any atom is -0.207 e. The molecule has 0 heterocycles. The van der Waals surface area contributed by atoms with E-state index in [0.29, 0.717) is 0 Å². The molecule has 40 heavy (non-hydrogen) atoms. The van der Waals surface area contributed by atoms with E-state index in [1.54, 1.807) is 0 Å². The van der Waals surface area contributed by atoms with Gasteiger partial charge in [0.25, 0.3) is 0 Å². The molecule has 0 spiro atoms. The zero-order chi connectivity index (χ0) is 30.2. The van der Waals surface area contributed by atoms with E-state index < -0.39 is 90.6 Å². The summed E-state index contributed by atoms with van der Waals surface area (Å²) in [7, 11) is 0. The Morgan fingerprint density at radius 2 is 0.800 bits per heavy atom. The summed E-state index contributed by atoms with van der Waals surface area (Å²) in [5.41, 5.74) is -11.1. The highest BCUT2D eigenvalue weighted by molar-refractivity contribution is 5.86. The molecule has 0 aliphatic carbocycles. The molecule has 0 unspecified atom stereocenters. The second-order valence-electron chi connectivity index (χ2n) is 7.78. The van der Waals surface area contributed by atoms with E-state index >= 15 is 8.78 Å². The Morgan fingerprint density at radius 3 is 1.05 bits per heavy atom. The molecule has 0 fully saturated rings. The molecule has 0 atom stereocenters. The average molecular weight is 564 g/mol. The van der Waals surface area contributed by atoms with Crippen molar-refractivity contribution in [2.24, 2.45) is 0 Å². The van der Waals surface area contributed by atoms with Gasteiger partial charge < -0.3 is 0 Å². The maximum Gasteiger partial charge on any atom is 0.416 e. The fourth-order valence-electron chi connectivity index (χ4n) is 3.77. The van der Waals surface area contributed by atoms with Gasteiger partial charge in [0.05, 0.1) is 21.6 Å². The summed E-state index contributed by atoms with van der Waals surface area (Å²) < 4.78 is 141. The van der Waals surface area contributed by atoms with Crippen LogP contribution in [-0.4, -0.2) is 0 Å². The van der Waals surface area contributed by atoms with E-state index in [4.69, 9.17) is 0 Å². The van der Waals surface area contributed by atoms with E-state index in [1.807, 2.05) is 0 Å². The van der Waals surface area contributed by atoms with Crippen LogP contribution in [0.4, 0.5) is 43.9 Å². The monoisotopic (exact) mass is 564 g/mol. The van der Waals surface area contributed by atoms with Crippen LogP contribution in [0.5, 0.6) is 0 Å². The summed E-state index contributed by atoms with van der Waals surface area (Å²) in [6.07, 6.45) is -10.5. The number of hydrogen-bond donors (Lipinski definition) is 0. The highest BCUT2D eigenvalue weighted by Crippen LogP contribution is 2.36. The number of alkyl halides is 6. The summed E-state index contributed by atoms with van der Waals surface area (Å²) in [5.74, 6) is -7.24. The van der Waals surface area contributed by atoms with Gasteiger partial charge in [-0.2, -0.15) is 47.4 Å². The highest BCUT2D eigenvalue weighted by atomic mass is 19.4. The van der Waals surface area contributed by atoms with Crippen LogP contribution in [0.3, 0.4) is 0 Å². The van der Waals surface area contributed by atoms with Crippen LogP contribution in [0.1, 0.15) is 11.1 Å². The fourth-order valence-corrected chi connectivity index (χ4v) is 3.77. The van der Waals surface area contributed by atoms with E-state index in [0.717, 1.165) is 24.3 Å². The molecule has 0 aliphatic heterocycles. The van der Waals surface area contributed by atoms with Gasteiger partial charge in [-0.1, -0.05) is 0 Å². The first-order valence-corrected chi connectivity index (χ1v) is 10.2.